The van der Waals surface area contributed by atoms with Crippen LogP contribution in [0.25, 0.3) is 0 Å². The quantitative estimate of drug-likeness (QED) is 0.443. The van der Waals surface area contributed by atoms with Crippen LogP contribution in [0.5, 0.6) is 0 Å². The molecule has 0 radical (unpaired) electrons. The van der Waals surface area contributed by atoms with Crippen molar-refractivity contribution in [2.24, 2.45) is 0 Å². The van der Waals surface area contributed by atoms with E-state index in [2.05, 4.69) is 39.8 Å². The summed E-state index contributed by atoms with van der Waals surface area (Å²) in [5.74, 6) is 0. The van der Waals surface area contributed by atoms with E-state index >= 15 is 0 Å². The van der Waals surface area contributed by atoms with E-state index in [0.29, 0.717) is 0 Å². The highest BCUT2D eigenvalue weighted by Crippen LogP contribution is 1.93. The van der Waals surface area contributed by atoms with E-state index in [1.807, 2.05) is 30.7 Å². The standard InChI is InChI=1S/C13H19/c1-12(2)10-8-6-5-7-9-11-13(3)4/h5-11H,1-4H3/q+1. The van der Waals surface area contributed by atoms with Crippen LogP contribution in [0.1, 0.15) is 27.7 Å². The summed E-state index contributed by atoms with van der Waals surface area (Å²) in [6.07, 6.45) is 14.4. The highest BCUT2D eigenvalue weighted by atomic mass is 13.8. The molecule has 0 atom stereocenters. The molecule has 0 aromatic carbocycles. The van der Waals surface area contributed by atoms with E-state index in [0.717, 1.165) is 0 Å². The van der Waals surface area contributed by atoms with Gasteiger partial charge in [-0.05, 0) is 26.0 Å². The fourth-order valence-electron chi connectivity index (χ4n) is 0.688. The number of hydrogen-bond donors (Lipinski definition) is 0. The molecule has 0 saturated carbocycles. The molecule has 0 N–H and O–H groups in total. The molecule has 0 aliphatic rings. The molecule has 0 aliphatic carbocycles. The van der Waals surface area contributed by atoms with Crippen molar-refractivity contribution in [1.82, 2.24) is 0 Å². The molecular weight excluding hydrogens is 156 g/mol. The molecular formula is C13H19+. The third kappa shape index (κ3) is 10.8. The Morgan fingerprint density at radius 2 is 1.54 bits per heavy atom. The van der Waals surface area contributed by atoms with E-state index in [1.165, 1.54) is 11.1 Å². The van der Waals surface area contributed by atoms with Crippen LogP contribution in [0, 0.1) is 6.42 Å². The monoisotopic (exact) mass is 175 g/mol. The smallest absolute Gasteiger partial charge is 0.0466 e. The Hall–Kier alpha value is -1.17. The van der Waals surface area contributed by atoms with Crippen LogP contribution in [-0.2, 0) is 0 Å². The van der Waals surface area contributed by atoms with Crippen molar-refractivity contribution in [3.63, 3.8) is 0 Å². The van der Waals surface area contributed by atoms with Crippen LogP contribution in [0.15, 0.2) is 47.6 Å². The van der Waals surface area contributed by atoms with Crippen molar-refractivity contribution in [3.8, 4) is 0 Å². The molecule has 0 amide bonds. The molecule has 0 nitrogen and oxygen atoms in total. The summed E-state index contributed by atoms with van der Waals surface area (Å²) in [5.41, 5.74) is 2.64. The van der Waals surface area contributed by atoms with Gasteiger partial charge in [0, 0.05) is 44.1 Å². The minimum atomic E-state index is 1.32. The first kappa shape index (κ1) is 11.8. The van der Waals surface area contributed by atoms with E-state index in [9.17, 15) is 0 Å². The van der Waals surface area contributed by atoms with Crippen LogP contribution in [0.3, 0.4) is 0 Å². The normalized spacial score (nSPS) is 10.5. The summed E-state index contributed by atoms with van der Waals surface area (Å²) in [4.78, 5) is 0. The SMILES string of the molecule is CC(C)=CC=CC=C[CH+]C=C(C)C. The van der Waals surface area contributed by atoms with E-state index in [-0.39, 0.29) is 0 Å². The minimum Gasteiger partial charge on any atom is -0.0764 e. The highest BCUT2D eigenvalue weighted by molar-refractivity contribution is 5.19. The molecule has 0 heterocycles. The molecule has 0 heteroatoms. The van der Waals surface area contributed by atoms with Gasteiger partial charge in [-0.15, -0.1) is 0 Å². The van der Waals surface area contributed by atoms with Gasteiger partial charge in [0.25, 0.3) is 0 Å². The Morgan fingerprint density at radius 1 is 0.846 bits per heavy atom. The summed E-state index contributed by atoms with van der Waals surface area (Å²) >= 11 is 0. The zero-order valence-electron chi connectivity index (χ0n) is 9.04. The van der Waals surface area contributed by atoms with Crippen LogP contribution in [-0.4, -0.2) is 0 Å². The minimum absolute atomic E-state index is 1.32. The Balaban J connectivity index is 3.70. The van der Waals surface area contributed by atoms with Crippen molar-refractivity contribution >= 4 is 0 Å². The second-order valence-electron chi connectivity index (χ2n) is 3.45. The summed E-state index contributed by atoms with van der Waals surface area (Å²) in [7, 11) is 0. The lowest BCUT2D eigenvalue weighted by atomic mass is 10.2. The van der Waals surface area contributed by atoms with Gasteiger partial charge < -0.3 is 0 Å². The molecule has 0 aliphatic heterocycles. The topological polar surface area (TPSA) is 0 Å². The predicted octanol–water partition coefficient (Wildman–Crippen LogP) is 4.24. The van der Waals surface area contributed by atoms with E-state index in [4.69, 9.17) is 0 Å². The molecule has 0 fully saturated rings. The van der Waals surface area contributed by atoms with Gasteiger partial charge in [-0.3, -0.25) is 0 Å². The van der Waals surface area contributed by atoms with Crippen LogP contribution >= 0.6 is 0 Å². The lowest BCUT2D eigenvalue weighted by Gasteiger charge is -1.79. The lowest BCUT2D eigenvalue weighted by Crippen LogP contribution is -1.64. The fraction of sp³-hybridized carbons (Fsp3) is 0.308. The maximum atomic E-state index is 2.09. The van der Waals surface area contributed by atoms with Crippen molar-refractivity contribution in [3.05, 3.63) is 54.0 Å². The molecule has 0 unspecified atom stereocenters. The zero-order valence-corrected chi connectivity index (χ0v) is 9.04. The van der Waals surface area contributed by atoms with Crippen molar-refractivity contribution < 1.29 is 0 Å². The molecule has 0 rings (SSSR count). The molecule has 70 valence electrons. The Morgan fingerprint density at radius 3 is 2.08 bits per heavy atom. The second-order valence-corrected chi connectivity index (χ2v) is 3.45. The summed E-state index contributed by atoms with van der Waals surface area (Å²) in [6, 6.07) is 0. The van der Waals surface area contributed by atoms with Crippen LogP contribution in [0.2, 0.25) is 0 Å². The molecule has 0 spiro atoms. The third-order valence-corrected chi connectivity index (χ3v) is 1.30. The molecule has 0 saturated heterocycles. The van der Waals surface area contributed by atoms with Gasteiger partial charge in [-0.2, -0.15) is 0 Å². The Labute approximate surface area is 82.4 Å². The van der Waals surface area contributed by atoms with Crippen LogP contribution < -0.4 is 0 Å². The molecule has 0 aromatic rings. The van der Waals surface area contributed by atoms with Crippen molar-refractivity contribution in [1.29, 1.82) is 0 Å². The van der Waals surface area contributed by atoms with Crippen molar-refractivity contribution in [2.45, 2.75) is 27.7 Å². The average molecular weight is 175 g/mol. The van der Waals surface area contributed by atoms with Gasteiger partial charge in [0.05, 0.1) is 0 Å². The van der Waals surface area contributed by atoms with Gasteiger partial charge in [0.15, 0.2) is 0 Å². The van der Waals surface area contributed by atoms with Crippen LogP contribution in [0.4, 0.5) is 0 Å². The maximum absolute atomic E-state index is 2.09. The number of allylic oxidation sites excluding steroid dienone is 8. The first-order valence-corrected chi connectivity index (χ1v) is 4.58. The van der Waals surface area contributed by atoms with E-state index in [1.54, 1.807) is 0 Å². The highest BCUT2D eigenvalue weighted by Gasteiger charge is 1.81. The average Bonchev–Trinajstić information content (AvgIpc) is 2.01. The zero-order chi connectivity index (χ0) is 10.1. The number of rotatable bonds is 4. The fourth-order valence-corrected chi connectivity index (χ4v) is 0.688. The molecule has 13 heavy (non-hydrogen) atoms. The Bertz CT molecular complexity index is 229. The van der Waals surface area contributed by atoms with Gasteiger partial charge in [-0.25, -0.2) is 0 Å². The first-order valence-electron chi connectivity index (χ1n) is 4.58. The summed E-state index contributed by atoms with van der Waals surface area (Å²) in [5, 5.41) is 0. The molecule has 0 aromatic heterocycles. The van der Waals surface area contributed by atoms with Gasteiger partial charge in [-0.1, -0.05) is 11.6 Å². The summed E-state index contributed by atoms with van der Waals surface area (Å²) in [6.45, 7) is 8.35. The predicted molar refractivity (Wildman–Crippen MR) is 61.4 cm³/mol. The number of hydrogen-bond acceptors (Lipinski definition) is 0. The third-order valence-electron chi connectivity index (χ3n) is 1.30. The van der Waals surface area contributed by atoms with E-state index < -0.39 is 0 Å². The van der Waals surface area contributed by atoms with Gasteiger partial charge in [0.1, 0.15) is 0 Å². The lowest BCUT2D eigenvalue weighted by molar-refractivity contribution is 1.38. The van der Waals surface area contributed by atoms with Gasteiger partial charge >= 0.3 is 0 Å². The largest absolute Gasteiger partial charge is 0.0764 e. The summed E-state index contributed by atoms with van der Waals surface area (Å²) < 4.78 is 0. The van der Waals surface area contributed by atoms with Gasteiger partial charge in [0.2, 0.25) is 0 Å². The second kappa shape index (κ2) is 7.48. The Kier molecular flexibility index (Phi) is 6.80. The molecule has 0 bridgehead atoms. The maximum Gasteiger partial charge on any atom is 0.0466 e. The first-order chi connectivity index (χ1) is 6.13. The van der Waals surface area contributed by atoms with Crippen molar-refractivity contribution in [2.75, 3.05) is 0 Å².